The average Bonchev–Trinajstić information content (AvgIpc) is 3.42. The van der Waals surface area contributed by atoms with Crippen molar-refractivity contribution in [2.24, 2.45) is 0 Å². The Bertz CT molecular complexity index is 875. The van der Waals surface area contributed by atoms with Crippen molar-refractivity contribution in [3.8, 4) is 23.3 Å². The summed E-state index contributed by atoms with van der Waals surface area (Å²) in [6, 6.07) is 8.41. The fraction of sp³-hybridized carbons (Fsp3) is 0.294. The molecule has 1 saturated heterocycles. The first-order valence-electron chi connectivity index (χ1n) is 8.07. The summed E-state index contributed by atoms with van der Waals surface area (Å²) in [5.74, 6) is 1.54. The monoisotopic (exact) mass is 356 g/mol. The number of carbonyl (C=O) groups excluding carboxylic acids is 1. The summed E-state index contributed by atoms with van der Waals surface area (Å²) in [7, 11) is 1.52. The van der Waals surface area contributed by atoms with E-state index in [2.05, 4.69) is 15.4 Å². The molecule has 4 rings (SSSR count). The maximum atomic E-state index is 12.6. The fourth-order valence-corrected chi connectivity index (χ4v) is 2.73. The van der Waals surface area contributed by atoms with E-state index in [1.165, 1.54) is 13.4 Å². The number of aromatic nitrogens is 3. The molecular weight excluding hydrogens is 340 g/mol. The van der Waals surface area contributed by atoms with Crippen LogP contribution in [0.25, 0.3) is 11.5 Å². The van der Waals surface area contributed by atoms with E-state index in [1.807, 2.05) is 0 Å². The molecule has 1 aliphatic rings. The summed E-state index contributed by atoms with van der Waals surface area (Å²) in [6.07, 6.45) is 2.07. The Balaban J connectivity index is 1.37. The van der Waals surface area contributed by atoms with Gasteiger partial charge in [0.1, 0.15) is 6.10 Å². The molecule has 4 heterocycles. The summed E-state index contributed by atoms with van der Waals surface area (Å²) in [4.78, 5) is 14.3. The van der Waals surface area contributed by atoms with Gasteiger partial charge in [0.2, 0.25) is 17.5 Å². The number of methoxy groups -OCH3 is 1. The predicted molar refractivity (Wildman–Crippen MR) is 87.7 cm³/mol. The molecule has 0 aliphatic carbocycles. The number of amides is 1. The van der Waals surface area contributed by atoms with Gasteiger partial charge in [0.15, 0.2) is 11.5 Å². The molecule has 1 unspecified atom stereocenters. The van der Waals surface area contributed by atoms with Crippen LogP contribution < -0.4 is 9.47 Å². The lowest BCUT2D eigenvalue weighted by Gasteiger charge is -2.15. The number of nitrogens with zero attached hydrogens (tertiary/aromatic N) is 4. The molecule has 9 heteroatoms. The highest BCUT2D eigenvalue weighted by molar-refractivity contribution is 5.93. The Morgan fingerprint density at radius 1 is 1.23 bits per heavy atom. The van der Waals surface area contributed by atoms with Crippen LogP contribution in [0.1, 0.15) is 16.9 Å². The van der Waals surface area contributed by atoms with Gasteiger partial charge in [-0.2, -0.15) is 0 Å². The summed E-state index contributed by atoms with van der Waals surface area (Å²) < 4.78 is 21.2. The number of ether oxygens (including phenoxy) is 2. The van der Waals surface area contributed by atoms with Crippen molar-refractivity contribution in [2.75, 3.05) is 20.2 Å². The quantitative estimate of drug-likeness (QED) is 0.684. The molecule has 1 fully saturated rings. The number of likely N-dealkylation sites (tertiary alicyclic amines) is 1. The van der Waals surface area contributed by atoms with Gasteiger partial charge in [-0.25, -0.2) is 0 Å². The predicted octanol–water partition coefficient (Wildman–Crippen LogP) is 2.03. The van der Waals surface area contributed by atoms with Gasteiger partial charge in [-0.3, -0.25) is 4.79 Å². The molecule has 1 amide bonds. The van der Waals surface area contributed by atoms with Crippen LogP contribution >= 0.6 is 0 Å². The Morgan fingerprint density at radius 2 is 2.08 bits per heavy atom. The van der Waals surface area contributed by atoms with Crippen molar-refractivity contribution >= 4 is 5.91 Å². The smallest absolute Gasteiger partial charge is 0.276 e. The SMILES string of the molecule is COc1ccc(OC2CCN(C(=O)c3cc(-c4ccco4)on3)C2)nn1. The van der Waals surface area contributed by atoms with Gasteiger partial charge in [-0.15, -0.1) is 10.2 Å². The fourth-order valence-electron chi connectivity index (χ4n) is 2.73. The topological polar surface area (TPSA) is 104 Å². The van der Waals surface area contributed by atoms with Crippen LogP contribution in [0, 0.1) is 0 Å². The molecule has 0 N–H and O–H groups in total. The zero-order valence-electron chi connectivity index (χ0n) is 14.0. The van der Waals surface area contributed by atoms with Crippen LogP contribution in [-0.4, -0.2) is 52.5 Å². The molecule has 0 saturated carbocycles. The van der Waals surface area contributed by atoms with Gasteiger partial charge >= 0.3 is 0 Å². The van der Waals surface area contributed by atoms with E-state index in [9.17, 15) is 4.79 Å². The van der Waals surface area contributed by atoms with Crippen molar-refractivity contribution in [2.45, 2.75) is 12.5 Å². The second-order valence-corrected chi connectivity index (χ2v) is 5.75. The lowest BCUT2D eigenvalue weighted by Crippen LogP contribution is -2.31. The van der Waals surface area contributed by atoms with Gasteiger partial charge in [-0.1, -0.05) is 5.16 Å². The highest BCUT2D eigenvalue weighted by Crippen LogP contribution is 2.23. The summed E-state index contributed by atoms with van der Waals surface area (Å²) in [6.45, 7) is 1.01. The van der Waals surface area contributed by atoms with Crippen molar-refractivity contribution in [3.05, 3.63) is 42.3 Å². The Kier molecular flexibility index (Phi) is 4.26. The van der Waals surface area contributed by atoms with E-state index < -0.39 is 0 Å². The molecule has 134 valence electrons. The van der Waals surface area contributed by atoms with Crippen molar-refractivity contribution in [3.63, 3.8) is 0 Å². The second kappa shape index (κ2) is 6.87. The minimum atomic E-state index is -0.210. The third-order valence-corrected chi connectivity index (χ3v) is 4.04. The second-order valence-electron chi connectivity index (χ2n) is 5.75. The molecule has 0 radical (unpaired) electrons. The van der Waals surface area contributed by atoms with Crippen LogP contribution in [0.4, 0.5) is 0 Å². The van der Waals surface area contributed by atoms with Crippen molar-refractivity contribution < 1.29 is 23.2 Å². The molecule has 3 aromatic rings. The van der Waals surface area contributed by atoms with E-state index in [-0.39, 0.29) is 17.7 Å². The third-order valence-electron chi connectivity index (χ3n) is 4.04. The third kappa shape index (κ3) is 3.23. The lowest BCUT2D eigenvalue weighted by atomic mass is 10.3. The van der Waals surface area contributed by atoms with Crippen LogP contribution in [-0.2, 0) is 0 Å². The number of furan rings is 1. The molecule has 9 nitrogen and oxygen atoms in total. The highest BCUT2D eigenvalue weighted by atomic mass is 16.5. The lowest BCUT2D eigenvalue weighted by molar-refractivity contribution is 0.0760. The van der Waals surface area contributed by atoms with E-state index in [1.54, 1.807) is 35.2 Å². The largest absolute Gasteiger partial charge is 0.480 e. The van der Waals surface area contributed by atoms with E-state index in [4.69, 9.17) is 18.4 Å². The zero-order valence-corrected chi connectivity index (χ0v) is 14.0. The zero-order chi connectivity index (χ0) is 17.9. The van der Waals surface area contributed by atoms with Crippen LogP contribution in [0.15, 0.2) is 45.5 Å². The van der Waals surface area contributed by atoms with Crippen molar-refractivity contribution in [1.82, 2.24) is 20.3 Å². The van der Waals surface area contributed by atoms with E-state index in [0.717, 1.165) is 0 Å². The Hall–Kier alpha value is -3.36. The number of carbonyl (C=O) groups is 1. The highest BCUT2D eigenvalue weighted by Gasteiger charge is 2.30. The minimum absolute atomic E-state index is 0.155. The number of hydrogen-bond acceptors (Lipinski definition) is 8. The summed E-state index contributed by atoms with van der Waals surface area (Å²) in [5, 5.41) is 11.6. The Labute approximate surface area is 148 Å². The van der Waals surface area contributed by atoms with Crippen LogP contribution in [0.3, 0.4) is 0 Å². The summed E-state index contributed by atoms with van der Waals surface area (Å²) >= 11 is 0. The standard InChI is InChI=1S/C17H16N4O5/c1-23-15-4-5-16(19-18-15)25-11-6-7-21(10-11)17(22)12-9-14(26-20-12)13-3-2-8-24-13/h2-5,8-9,11H,6-7,10H2,1H3. The first-order chi connectivity index (χ1) is 12.7. The van der Waals surface area contributed by atoms with E-state index in [0.29, 0.717) is 42.8 Å². The molecule has 3 aromatic heterocycles. The maximum Gasteiger partial charge on any atom is 0.276 e. The molecule has 0 aromatic carbocycles. The van der Waals surface area contributed by atoms with Crippen LogP contribution in [0.5, 0.6) is 11.8 Å². The average molecular weight is 356 g/mol. The first-order valence-corrected chi connectivity index (χ1v) is 8.07. The first kappa shape index (κ1) is 16.1. The molecular formula is C17H16N4O5. The molecule has 0 spiro atoms. The van der Waals surface area contributed by atoms with Gasteiger partial charge in [0, 0.05) is 31.2 Å². The van der Waals surface area contributed by atoms with Crippen LogP contribution in [0.2, 0.25) is 0 Å². The van der Waals surface area contributed by atoms with Gasteiger partial charge < -0.3 is 23.3 Å². The van der Waals surface area contributed by atoms with Crippen molar-refractivity contribution in [1.29, 1.82) is 0 Å². The normalized spacial score (nSPS) is 16.7. The van der Waals surface area contributed by atoms with Gasteiger partial charge in [-0.05, 0) is 12.1 Å². The molecule has 1 atom stereocenters. The molecule has 1 aliphatic heterocycles. The minimum Gasteiger partial charge on any atom is -0.480 e. The van der Waals surface area contributed by atoms with Gasteiger partial charge in [0.05, 0.1) is 19.9 Å². The molecule has 0 bridgehead atoms. The molecule has 26 heavy (non-hydrogen) atoms. The van der Waals surface area contributed by atoms with E-state index >= 15 is 0 Å². The number of hydrogen-bond donors (Lipinski definition) is 0. The Morgan fingerprint density at radius 3 is 2.81 bits per heavy atom. The van der Waals surface area contributed by atoms with Gasteiger partial charge in [0.25, 0.3) is 5.91 Å². The summed E-state index contributed by atoms with van der Waals surface area (Å²) in [5.41, 5.74) is 0.237. The maximum absolute atomic E-state index is 12.6. The number of rotatable bonds is 5.